The van der Waals surface area contributed by atoms with Gasteiger partial charge in [-0.1, -0.05) is 48.0 Å². The van der Waals surface area contributed by atoms with E-state index in [4.69, 9.17) is 16.3 Å². The fourth-order valence-electron chi connectivity index (χ4n) is 3.30. The number of carbonyl (C=O) groups excluding carboxylic acids is 1. The number of benzene rings is 2. The number of aliphatic hydroxyl groups is 1. The fourth-order valence-corrected chi connectivity index (χ4v) is 3.48. The summed E-state index contributed by atoms with van der Waals surface area (Å²) < 4.78 is 5.71. The van der Waals surface area contributed by atoms with E-state index in [1.807, 2.05) is 30.3 Å². The van der Waals surface area contributed by atoms with E-state index in [1.54, 1.807) is 12.1 Å². The van der Waals surface area contributed by atoms with Gasteiger partial charge in [0.1, 0.15) is 18.0 Å². The Labute approximate surface area is 171 Å². The molecule has 1 heterocycles. The van der Waals surface area contributed by atoms with Crippen LogP contribution in [-0.2, 0) is 11.2 Å². The summed E-state index contributed by atoms with van der Waals surface area (Å²) in [6.07, 6.45) is 1.98. The van der Waals surface area contributed by atoms with Crippen LogP contribution in [0.5, 0.6) is 5.75 Å². The summed E-state index contributed by atoms with van der Waals surface area (Å²) in [6.45, 7) is 2.56. The lowest BCUT2D eigenvalue weighted by atomic mass is 9.92. The third kappa shape index (κ3) is 6.51. The number of ether oxygens (including phenoxy) is 1. The summed E-state index contributed by atoms with van der Waals surface area (Å²) in [6, 6.07) is 17.3. The molecule has 1 amide bonds. The van der Waals surface area contributed by atoms with Crippen LogP contribution in [0.2, 0.25) is 5.02 Å². The maximum absolute atomic E-state index is 12.2. The predicted molar refractivity (Wildman–Crippen MR) is 111 cm³/mol. The molecule has 1 fully saturated rings. The number of carbonyl (C=O) groups is 1. The molecule has 1 saturated heterocycles. The van der Waals surface area contributed by atoms with Crippen molar-refractivity contribution in [3.05, 3.63) is 65.2 Å². The van der Waals surface area contributed by atoms with E-state index < -0.39 is 5.60 Å². The van der Waals surface area contributed by atoms with E-state index in [0.29, 0.717) is 49.8 Å². The smallest absolute Gasteiger partial charge is 0.234 e. The van der Waals surface area contributed by atoms with Gasteiger partial charge in [0.2, 0.25) is 5.91 Å². The summed E-state index contributed by atoms with van der Waals surface area (Å²) in [7, 11) is 0. The third-order valence-electron chi connectivity index (χ3n) is 5.04. The Hall–Kier alpha value is -2.08. The molecule has 0 unspecified atom stereocenters. The van der Waals surface area contributed by atoms with E-state index in [0.717, 1.165) is 6.42 Å². The van der Waals surface area contributed by atoms with Crippen molar-refractivity contribution >= 4 is 17.5 Å². The summed E-state index contributed by atoms with van der Waals surface area (Å²) in [5, 5.41) is 14.3. The summed E-state index contributed by atoms with van der Waals surface area (Å²) in [4.78, 5) is 14.2. The van der Waals surface area contributed by atoms with Crippen molar-refractivity contribution in [3.63, 3.8) is 0 Å². The Bertz CT molecular complexity index is 761. The predicted octanol–water partition coefficient (Wildman–Crippen LogP) is 2.90. The van der Waals surface area contributed by atoms with E-state index in [1.165, 1.54) is 5.56 Å². The number of amides is 1. The van der Waals surface area contributed by atoms with E-state index in [-0.39, 0.29) is 12.5 Å². The Morgan fingerprint density at radius 1 is 1.14 bits per heavy atom. The van der Waals surface area contributed by atoms with Crippen LogP contribution in [0.15, 0.2) is 54.6 Å². The second-order valence-electron chi connectivity index (χ2n) is 7.33. The van der Waals surface area contributed by atoms with Crippen molar-refractivity contribution in [2.45, 2.75) is 24.9 Å². The normalized spacial score (nSPS) is 16.5. The van der Waals surface area contributed by atoms with Crippen LogP contribution in [0.1, 0.15) is 18.4 Å². The van der Waals surface area contributed by atoms with Gasteiger partial charge >= 0.3 is 0 Å². The first kappa shape index (κ1) is 20.6. The minimum Gasteiger partial charge on any atom is -0.491 e. The molecule has 1 aliphatic heterocycles. The monoisotopic (exact) mass is 402 g/mol. The molecule has 5 nitrogen and oxygen atoms in total. The van der Waals surface area contributed by atoms with Crippen molar-refractivity contribution in [1.82, 2.24) is 10.2 Å². The van der Waals surface area contributed by atoms with Gasteiger partial charge in [0.25, 0.3) is 0 Å². The van der Waals surface area contributed by atoms with Gasteiger partial charge in [-0.3, -0.25) is 9.69 Å². The third-order valence-corrected chi connectivity index (χ3v) is 5.27. The van der Waals surface area contributed by atoms with Crippen molar-refractivity contribution in [2.24, 2.45) is 0 Å². The lowest BCUT2D eigenvalue weighted by molar-refractivity contribution is -0.123. The number of hydrogen-bond acceptors (Lipinski definition) is 4. The zero-order valence-corrected chi connectivity index (χ0v) is 16.7. The zero-order chi connectivity index (χ0) is 19.8. The topological polar surface area (TPSA) is 61.8 Å². The van der Waals surface area contributed by atoms with Gasteiger partial charge in [-0.15, -0.1) is 0 Å². The number of halogens is 1. The highest BCUT2D eigenvalue weighted by Crippen LogP contribution is 2.24. The first-order valence-corrected chi connectivity index (χ1v) is 10.0. The number of likely N-dealkylation sites (tertiary alicyclic amines) is 1. The van der Waals surface area contributed by atoms with Crippen LogP contribution in [0, 0.1) is 0 Å². The second-order valence-corrected chi connectivity index (χ2v) is 7.77. The number of rotatable bonds is 8. The Morgan fingerprint density at radius 3 is 2.61 bits per heavy atom. The Morgan fingerprint density at radius 2 is 1.89 bits per heavy atom. The molecule has 3 rings (SSSR count). The van der Waals surface area contributed by atoms with Crippen LogP contribution < -0.4 is 10.1 Å². The van der Waals surface area contributed by atoms with Crippen LogP contribution in [0.4, 0.5) is 0 Å². The minimum absolute atomic E-state index is 0.0246. The van der Waals surface area contributed by atoms with Gasteiger partial charge in [0.05, 0.1) is 6.54 Å². The first-order valence-electron chi connectivity index (χ1n) is 9.66. The number of nitrogens with zero attached hydrogens (tertiary/aromatic N) is 1. The molecule has 2 aromatic rings. The molecule has 6 heteroatoms. The first-order chi connectivity index (χ1) is 13.5. The molecule has 2 aromatic carbocycles. The maximum atomic E-state index is 12.2. The van der Waals surface area contributed by atoms with E-state index in [9.17, 15) is 9.90 Å². The number of hydrogen-bond donors (Lipinski definition) is 2. The van der Waals surface area contributed by atoms with Gasteiger partial charge in [-0.2, -0.15) is 0 Å². The summed E-state index contributed by atoms with van der Waals surface area (Å²) in [5.74, 6) is 0.678. The van der Waals surface area contributed by atoms with Crippen molar-refractivity contribution < 1.29 is 14.6 Å². The van der Waals surface area contributed by atoms with Gasteiger partial charge in [0.15, 0.2) is 0 Å². The summed E-state index contributed by atoms with van der Waals surface area (Å²) >= 11 is 5.95. The van der Waals surface area contributed by atoms with Gasteiger partial charge < -0.3 is 15.2 Å². The quantitative estimate of drug-likeness (QED) is 0.712. The SMILES string of the molecule is O=C(CN1CCC(O)(COc2cccc(Cl)c2)CC1)NCCc1ccccc1. The van der Waals surface area contributed by atoms with E-state index in [2.05, 4.69) is 22.3 Å². The second kappa shape index (κ2) is 9.92. The molecule has 0 bridgehead atoms. The Kier molecular flexibility index (Phi) is 7.31. The molecular weight excluding hydrogens is 376 g/mol. The molecule has 2 N–H and O–H groups in total. The van der Waals surface area contributed by atoms with Crippen LogP contribution >= 0.6 is 11.6 Å². The fraction of sp³-hybridized carbons (Fsp3) is 0.409. The van der Waals surface area contributed by atoms with Crippen molar-refractivity contribution in [1.29, 1.82) is 0 Å². The standard InChI is InChI=1S/C22H27ClN2O3/c23-19-7-4-8-20(15-19)28-17-22(27)10-13-25(14-11-22)16-21(26)24-12-9-18-5-2-1-3-6-18/h1-8,15,27H,9-14,16-17H2,(H,24,26). The van der Waals surface area contributed by atoms with Crippen LogP contribution in [0.3, 0.4) is 0 Å². The number of piperidine rings is 1. The lowest BCUT2D eigenvalue weighted by Gasteiger charge is -2.37. The molecule has 0 radical (unpaired) electrons. The molecule has 0 aliphatic carbocycles. The molecular formula is C22H27ClN2O3. The van der Waals surface area contributed by atoms with Crippen LogP contribution in [-0.4, -0.2) is 54.3 Å². The largest absolute Gasteiger partial charge is 0.491 e. The molecule has 28 heavy (non-hydrogen) atoms. The van der Waals surface area contributed by atoms with Crippen LogP contribution in [0.25, 0.3) is 0 Å². The van der Waals surface area contributed by atoms with Gasteiger partial charge in [-0.05, 0) is 43.0 Å². The highest BCUT2D eigenvalue weighted by atomic mass is 35.5. The maximum Gasteiger partial charge on any atom is 0.234 e. The highest BCUT2D eigenvalue weighted by molar-refractivity contribution is 6.30. The lowest BCUT2D eigenvalue weighted by Crippen LogP contribution is -2.50. The van der Waals surface area contributed by atoms with Gasteiger partial charge in [-0.25, -0.2) is 0 Å². The molecule has 0 saturated carbocycles. The molecule has 150 valence electrons. The molecule has 0 aromatic heterocycles. The molecule has 0 spiro atoms. The highest BCUT2D eigenvalue weighted by Gasteiger charge is 2.33. The average Bonchev–Trinajstić information content (AvgIpc) is 2.69. The minimum atomic E-state index is -0.872. The number of nitrogens with one attached hydrogen (secondary N) is 1. The van der Waals surface area contributed by atoms with E-state index >= 15 is 0 Å². The van der Waals surface area contributed by atoms with Crippen molar-refractivity contribution in [2.75, 3.05) is 32.8 Å². The molecule has 0 atom stereocenters. The van der Waals surface area contributed by atoms with Gasteiger partial charge in [0, 0.05) is 24.7 Å². The molecule has 1 aliphatic rings. The average molecular weight is 403 g/mol. The zero-order valence-electron chi connectivity index (χ0n) is 15.9. The summed E-state index contributed by atoms with van der Waals surface area (Å²) in [5.41, 5.74) is 0.341. The Balaban J connectivity index is 1.35. The van der Waals surface area contributed by atoms with Crippen molar-refractivity contribution in [3.8, 4) is 5.75 Å².